The van der Waals surface area contributed by atoms with E-state index >= 15 is 0 Å². The number of nitrogens with one attached hydrogen (secondary N) is 3. The number of nitrogens with two attached hydrogens (primary N) is 1. The van der Waals surface area contributed by atoms with Crippen molar-refractivity contribution in [1.29, 1.82) is 0 Å². The number of halogens is 1. The molecule has 0 saturated carbocycles. The maximum Gasteiger partial charge on any atom is 0.243 e. The molecule has 0 radical (unpaired) electrons. The van der Waals surface area contributed by atoms with Crippen LogP contribution in [0.15, 0.2) is 18.2 Å². The van der Waals surface area contributed by atoms with Crippen LogP contribution in [-0.2, 0) is 14.4 Å². The fourth-order valence-electron chi connectivity index (χ4n) is 1.68. The molecule has 0 heterocycles. The lowest BCUT2D eigenvalue weighted by molar-refractivity contribution is -0.125. The maximum absolute atomic E-state index is 11.8. The largest absolute Gasteiger partial charge is 0.346 e. The van der Waals surface area contributed by atoms with Crippen molar-refractivity contribution in [2.45, 2.75) is 26.8 Å². The predicted molar refractivity (Wildman–Crippen MR) is 90.2 cm³/mol. The molecule has 0 bridgehead atoms. The van der Waals surface area contributed by atoms with E-state index in [1.807, 2.05) is 13.8 Å². The predicted octanol–water partition coefficient (Wildman–Crippen LogP) is 1.34. The Morgan fingerprint density at radius 1 is 1.22 bits per heavy atom. The Bertz CT molecular complexity index is 604. The molecular weight excluding hydrogens is 320 g/mol. The molecule has 3 amide bonds. The minimum absolute atomic E-state index is 0.0196. The highest BCUT2D eigenvalue weighted by Gasteiger charge is 2.17. The molecule has 8 heteroatoms. The van der Waals surface area contributed by atoms with E-state index < -0.39 is 11.9 Å². The molecule has 23 heavy (non-hydrogen) atoms. The molecule has 0 spiro atoms. The number of rotatable bonds is 6. The molecule has 0 saturated heterocycles. The molecule has 1 rings (SSSR count). The van der Waals surface area contributed by atoms with E-state index in [0.29, 0.717) is 11.4 Å². The Morgan fingerprint density at radius 3 is 2.39 bits per heavy atom. The second kappa shape index (κ2) is 8.50. The molecule has 126 valence electrons. The summed E-state index contributed by atoms with van der Waals surface area (Å²) in [5.41, 5.74) is 6.59. The third-order valence-corrected chi connectivity index (χ3v) is 3.32. The maximum atomic E-state index is 11.8. The molecule has 0 aliphatic rings. The first-order valence-electron chi connectivity index (χ1n) is 7.11. The monoisotopic (exact) mass is 340 g/mol. The zero-order chi connectivity index (χ0) is 17.6. The van der Waals surface area contributed by atoms with Crippen molar-refractivity contribution in [3.05, 3.63) is 23.2 Å². The molecule has 0 aliphatic heterocycles. The lowest BCUT2D eigenvalue weighted by Crippen LogP contribution is -2.46. The zero-order valence-corrected chi connectivity index (χ0v) is 14.0. The smallest absolute Gasteiger partial charge is 0.243 e. The van der Waals surface area contributed by atoms with Crippen LogP contribution >= 0.6 is 11.6 Å². The average Bonchev–Trinajstić information content (AvgIpc) is 2.46. The van der Waals surface area contributed by atoms with Crippen LogP contribution in [0.2, 0.25) is 5.02 Å². The second-order valence-corrected chi connectivity index (χ2v) is 5.82. The van der Waals surface area contributed by atoms with Crippen molar-refractivity contribution >= 4 is 40.7 Å². The van der Waals surface area contributed by atoms with Crippen molar-refractivity contribution in [1.82, 2.24) is 5.32 Å². The number of carbonyl (C=O) groups excluding carboxylic acids is 3. The van der Waals surface area contributed by atoms with E-state index in [1.54, 1.807) is 12.1 Å². The van der Waals surface area contributed by atoms with Crippen LogP contribution in [0.4, 0.5) is 11.4 Å². The minimum atomic E-state index is -0.664. The summed E-state index contributed by atoms with van der Waals surface area (Å²) < 4.78 is 0. The van der Waals surface area contributed by atoms with Gasteiger partial charge in [0.05, 0.1) is 23.3 Å². The quantitative estimate of drug-likeness (QED) is 0.625. The van der Waals surface area contributed by atoms with Gasteiger partial charge in [0, 0.05) is 12.6 Å². The number of hydrogen-bond donors (Lipinski definition) is 4. The first kappa shape index (κ1) is 18.9. The summed E-state index contributed by atoms with van der Waals surface area (Å²) in [6, 6.07) is 4.03. The summed E-state index contributed by atoms with van der Waals surface area (Å²) in [6.07, 6.45) is 0. The lowest BCUT2D eigenvalue weighted by atomic mass is 10.1. The van der Waals surface area contributed by atoms with Gasteiger partial charge in [-0.2, -0.15) is 0 Å². The van der Waals surface area contributed by atoms with E-state index in [1.165, 1.54) is 13.0 Å². The first-order chi connectivity index (χ1) is 10.7. The summed E-state index contributed by atoms with van der Waals surface area (Å²) in [5.74, 6) is -1.05. The SMILES string of the molecule is CC(=O)Nc1ccc(NC(=O)CNC(=O)[C@@H](N)C(C)C)c(Cl)c1. The highest BCUT2D eigenvalue weighted by atomic mass is 35.5. The molecule has 1 atom stereocenters. The van der Waals surface area contributed by atoms with Gasteiger partial charge in [0.15, 0.2) is 0 Å². The summed E-state index contributed by atoms with van der Waals surface area (Å²) in [6.45, 7) is 4.82. The average molecular weight is 341 g/mol. The summed E-state index contributed by atoms with van der Waals surface area (Å²) in [4.78, 5) is 34.5. The van der Waals surface area contributed by atoms with Crippen molar-refractivity contribution in [3.63, 3.8) is 0 Å². The third-order valence-electron chi connectivity index (χ3n) is 3.01. The van der Waals surface area contributed by atoms with Crippen LogP contribution in [-0.4, -0.2) is 30.3 Å². The Labute approximate surface area is 139 Å². The molecule has 0 fully saturated rings. The number of hydrogen-bond acceptors (Lipinski definition) is 4. The highest BCUT2D eigenvalue weighted by molar-refractivity contribution is 6.34. The molecule has 1 aromatic rings. The van der Waals surface area contributed by atoms with E-state index in [4.69, 9.17) is 17.3 Å². The van der Waals surface area contributed by atoms with Gasteiger partial charge in [0.1, 0.15) is 0 Å². The molecule has 5 N–H and O–H groups in total. The van der Waals surface area contributed by atoms with Gasteiger partial charge in [0.25, 0.3) is 0 Å². The molecule has 0 unspecified atom stereocenters. The van der Waals surface area contributed by atoms with Crippen LogP contribution in [0, 0.1) is 5.92 Å². The van der Waals surface area contributed by atoms with Crippen molar-refractivity contribution < 1.29 is 14.4 Å². The van der Waals surface area contributed by atoms with Gasteiger partial charge in [-0.05, 0) is 24.1 Å². The van der Waals surface area contributed by atoms with Crippen LogP contribution in [0.1, 0.15) is 20.8 Å². The molecule has 1 aromatic carbocycles. The second-order valence-electron chi connectivity index (χ2n) is 5.41. The molecule has 0 aliphatic carbocycles. The van der Waals surface area contributed by atoms with Crippen LogP contribution in [0.3, 0.4) is 0 Å². The number of amides is 3. The summed E-state index contributed by atoms with van der Waals surface area (Å²) >= 11 is 6.04. The normalized spacial score (nSPS) is 11.7. The summed E-state index contributed by atoms with van der Waals surface area (Å²) in [5, 5.41) is 7.90. The van der Waals surface area contributed by atoms with Crippen LogP contribution in [0.25, 0.3) is 0 Å². The lowest BCUT2D eigenvalue weighted by Gasteiger charge is -2.15. The van der Waals surface area contributed by atoms with Crippen molar-refractivity contribution in [3.8, 4) is 0 Å². The Balaban J connectivity index is 2.57. The Hall–Kier alpha value is -2.12. The molecule has 0 aromatic heterocycles. The van der Waals surface area contributed by atoms with Crippen LogP contribution in [0.5, 0.6) is 0 Å². The molecular formula is C15H21ClN4O3. The fraction of sp³-hybridized carbons (Fsp3) is 0.400. The minimum Gasteiger partial charge on any atom is -0.346 e. The van der Waals surface area contributed by atoms with Crippen molar-refractivity contribution in [2.75, 3.05) is 17.2 Å². The first-order valence-corrected chi connectivity index (χ1v) is 7.48. The topological polar surface area (TPSA) is 113 Å². The van der Waals surface area contributed by atoms with E-state index in [9.17, 15) is 14.4 Å². The van der Waals surface area contributed by atoms with Gasteiger partial charge in [0.2, 0.25) is 17.7 Å². The van der Waals surface area contributed by atoms with Gasteiger partial charge >= 0.3 is 0 Å². The molecule has 7 nitrogen and oxygen atoms in total. The summed E-state index contributed by atoms with van der Waals surface area (Å²) in [7, 11) is 0. The van der Waals surface area contributed by atoms with E-state index in [2.05, 4.69) is 16.0 Å². The van der Waals surface area contributed by atoms with Gasteiger partial charge in [-0.1, -0.05) is 25.4 Å². The van der Waals surface area contributed by atoms with Gasteiger partial charge in [-0.15, -0.1) is 0 Å². The Morgan fingerprint density at radius 2 is 1.87 bits per heavy atom. The third kappa shape index (κ3) is 6.25. The van der Waals surface area contributed by atoms with Crippen LogP contribution < -0.4 is 21.7 Å². The zero-order valence-electron chi connectivity index (χ0n) is 13.3. The number of carbonyl (C=O) groups is 3. The number of anilines is 2. The van der Waals surface area contributed by atoms with Crippen molar-refractivity contribution in [2.24, 2.45) is 11.7 Å². The van der Waals surface area contributed by atoms with Gasteiger partial charge in [-0.3, -0.25) is 14.4 Å². The number of benzene rings is 1. The van der Waals surface area contributed by atoms with E-state index in [0.717, 1.165) is 0 Å². The fourth-order valence-corrected chi connectivity index (χ4v) is 1.91. The van der Waals surface area contributed by atoms with Gasteiger partial charge < -0.3 is 21.7 Å². The Kier molecular flexibility index (Phi) is 6.99. The van der Waals surface area contributed by atoms with Gasteiger partial charge in [-0.25, -0.2) is 0 Å². The standard InChI is InChI=1S/C15H21ClN4O3/c1-8(2)14(17)15(23)18-7-13(22)20-12-5-4-10(6-11(12)16)19-9(3)21/h4-6,8,14H,7,17H2,1-3H3,(H,18,23)(H,19,21)(H,20,22)/t14-/m0/s1. The highest BCUT2D eigenvalue weighted by Crippen LogP contribution is 2.25. The van der Waals surface area contributed by atoms with E-state index in [-0.39, 0.29) is 29.3 Å².